The summed E-state index contributed by atoms with van der Waals surface area (Å²) in [6, 6.07) is 0. The lowest BCUT2D eigenvalue weighted by molar-refractivity contribution is 1.15. The number of fused-ring (bicyclic) bond motifs is 1. The topological polar surface area (TPSA) is 53.6 Å². The van der Waals surface area contributed by atoms with Gasteiger partial charge in [0.1, 0.15) is 17.8 Å². The molecule has 0 aliphatic carbocycles. The first kappa shape index (κ1) is 8.04. The van der Waals surface area contributed by atoms with Gasteiger partial charge in [-0.2, -0.15) is 0 Å². The van der Waals surface area contributed by atoms with E-state index in [0.717, 1.165) is 23.3 Å². The molecular weight excluding hydrogens is 164 g/mol. The highest BCUT2D eigenvalue weighted by Crippen LogP contribution is 2.22. The smallest absolute Gasteiger partial charge is 0.143 e. The van der Waals surface area contributed by atoms with Crippen molar-refractivity contribution >= 4 is 16.9 Å². The van der Waals surface area contributed by atoms with Crippen molar-refractivity contribution in [2.24, 2.45) is 0 Å². The van der Waals surface area contributed by atoms with Gasteiger partial charge in [0.2, 0.25) is 0 Å². The number of aryl methyl sites for hydroxylation is 1. The lowest BCUT2D eigenvalue weighted by Gasteiger charge is -2.01. The van der Waals surface area contributed by atoms with E-state index in [1.807, 2.05) is 13.2 Å². The lowest BCUT2D eigenvalue weighted by Crippen LogP contribution is -1.94. The second-order valence-electron chi connectivity index (χ2n) is 2.86. The monoisotopic (exact) mass is 176 g/mol. The molecule has 0 amide bonds. The Bertz CT molecular complexity index is 418. The van der Waals surface area contributed by atoms with E-state index < -0.39 is 0 Å². The Morgan fingerprint density at radius 1 is 1.46 bits per heavy atom. The molecule has 4 heteroatoms. The number of hydrogen-bond donors (Lipinski definition) is 2. The average Bonchev–Trinajstić information content (AvgIpc) is 2.60. The molecule has 0 aliphatic rings. The highest BCUT2D eigenvalue weighted by molar-refractivity contribution is 5.90. The first-order chi connectivity index (χ1) is 6.36. The predicted molar refractivity (Wildman–Crippen MR) is 52.8 cm³/mol. The van der Waals surface area contributed by atoms with Gasteiger partial charge < -0.3 is 10.3 Å². The molecular formula is C9H12N4. The van der Waals surface area contributed by atoms with Gasteiger partial charge in [0.15, 0.2) is 0 Å². The summed E-state index contributed by atoms with van der Waals surface area (Å²) in [6.07, 6.45) is 4.53. The van der Waals surface area contributed by atoms with Crippen LogP contribution in [0.15, 0.2) is 12.5 Å². The summed E-state index contributed by atoms with van der Waals surface area (Å²) in [6.45, 7) is 2.12. The molecule has 0 fully saturated rings. The number of H-pyrrole nitrogens is 1. The molecule has 0 aromatic carbocycles. The third kappa shape index (κ3) is 1.14. The molecule has 0 saturated carbocycles. The van der Waals surface area contributed by atoms with E-state index in [0.29, 0.717) is 0 Å². The summed E-state index contributed by atoms with van der Waals surface area (Å²) in [5.74, 6) is 0.892. The third-order valence-electron chi connectivity index (χ3n) is 2.17. The molecule has 0 spiro atoms. The maximum atomic E-state index is 4.16. The Hall–Kier alpha value is -1.58. The molecule has 68 valence electrons. The van der Waals surface area contributed by atoms with Crippen LogP contribution in [0.25, 0.3) is 11.0 Å². The molecule has 0 unspecified atom stereocenters. The Morgan fingerprint density at radius 3 is 3.00 bits per heavy atom. The number of rotatable bonds is 2. The molecule has 2 rings (SSSR count). The van der Waals surface area contributed by atoms with E-state index in [1.165, 1.54) is 5.56 Å². The second kappa shape index (κ2) is 3.05. The van der Waals surface area contributed by atoms with Gasteiger partial charge in [-0.1, -0.05) is 6.92 Å². The van der Waals surface area contributed by atoms with Gasteiger partial charge in [0.05, 0.1) is 5.39 Å². The maximum absolute atomic E-state index is 4.16. The molecule has 0 bridgehead atoms. The van der Waals surface area contributed by atoms with Gasteiger partial charge in [0, 0.05) is 13.2 Å². The van der Waals surface area contributed by atoms with Crippen molar-refractivity contribution < 1.29 is 0 Å². The average molecular weight is 176 g/mol. The molecule has 4 nitrogen and oxygen atoms in total. The van der Waals surface area contributed by atoms with Crippen LogP contribution in [0.5, 0.6) is 0 Å². The fourth-order valence-electron chi connectivity index (χ4n) is 1.50. The number of anilines is 1. The van der Waals surface area contributed by atoms with Gasteiger partial charge in [-0.05, 0) is 12.0 Å². The highest BCUT2D eigenvalue weighted by Gasteiger charge is 2.07. The highest BCUT2D eigenvalue weighted by atomic mass is 15.0. The van der Waals surface area contributed by atoms with Crippen molar-refractivity contribution in [3.63, 3.8) is 0 Å². The summed E-state index contributed by atoms with van der Waals surface area (Å²) in [7, 11) is 1.87. The zero-order valence-electron chi connectivity index (χ0n) is 7.76. The van der Waals surface area contributed by atoms with Crippen LogP contribution in [0.3, 0.4) is 0 Å². The van der Waals surface area contributed by atoms with E-state index in [4.69, 9.17) is 0 Å². The van der Waals surface area contributed by atoms with E-state index >= 15 is 0 Å². The molecule has 0 aliphatic heterocycles. The molecule has 2 N–H and O–H groups in total. The van der Waals surface area contributed by atoms with Crippen LogP contribution in [0.2, 0.25) is 0 Å². The molecule has 0 radical (unpaired) electrons. The van der Waals surface area contributed by atoms with Crippen LogP contribution in [0, 0.1) is 0 Å². The van der Waals surface area contributed by atoms with E-state index in [1.54, 1.807) is 6.33 Å². The van der Waals surface area contributed by atoms with Crippen molar-refractivity contribution in [3.05, 3.63) is 18.1 Å². The number of aromatic nitrogens is 3. The first-order valence-electron chi connectivity index (χ1n) is 4.35. The minimum absolute atomic E-state index is 0.892. The van der Waals surface area contributed by atoms with Gasteiger partial charge >= 0.3 is 0 Å². The van der Waals surface area contributed by atoms with Crippen molar-refractivity contribution in [1.29, 1.82) is 0 Å². The van der Waals surface area contributed by atoms with Crippen LogP contribution in [-0.4, -0.2) is 22.0 Å². The Morgan fingerprint density at radius 2 is 2.31 bits per heavy atom. The van der Waals surface area contributed by atoms with Gasteiger partial charge in [0.25, 0.3) is 0 Å². The van der Waals surface area contributed by atoms with Gasteiger partial charge in [-0.25, -0.2) is 9.97 Å². The van der Waals surface area contributed by atoms with Gasteiger partial charge in [-0.3, -0.25) is 0 Å². The molecule has 2 aromatic rings. The second-order valence-corrected chi connectivity index (χ2v) is 2.86. The quantitative estimate of drug-likeness (QED) is 0.730. The van der Waals surface area contributed by atoms with Gasteiger partial charge in [-0.15, -0.1) is 0 Å². The fraction of sp³-hybridized carbons (Fsp3) is 0.333. The van der Waals surface area contributed by atoms with Crippen LogP contribution in [0.1, 0.15) is 12.5 Å². The molecule has 2 aromatic heterocycles. The number of aromatic amines is 1. The van der Waals surface area contributed by atoms with E-state index in [9.17, 15) is 0 Å². The molecule has 2 heterocycles. The molecule has 0 saturated heterocycles. The van der Waals surface area contributed by atoms with Crippen LogP contribution >= 0.6 is 0 Å². The summed E-state index contributed by atoms with van der Waals surface area (Å²) < 4.78 is 0. The van der Waals surface area contributed by atoms with E-state index in [-0.39, 0.29) is 0 Å². The summed E-state index contributed by atoms with van der Waals surface area (Å²) in [4.78, 5) is 11.4. The number of nitrogens with one attached hydrogen (secondary N) is 2. The van der Waals surface area contributed by atoms with Crippen molar-refractivity contribution in [2.75, 3.05) is 12.4 Å². The van der Waals surface area contributed by atoms with E-state index in [2.05, 4.69) is 27.2 Å². The minimum Gasteiger partial charge on any atom is -0.372 e. The SMILES string of the molecule is CCc1c[nH]c2ncnc(NC)c12. The largest absolute Gasteiger partial charge is 0.372 e. The van der Waals surface area contributed by atoms with Crippen molar-refractivity contribution in [2.45, 2.75) is 13.3 Å². The molecule has 0 atom stereocenters. The minimum atomic E-state index is 0.892. The standard InChI is InChI=1S/C9H12N4/c1-3-6-4-11-9-7(6)8(10-2)12-5-13-9/h4-5H,3H2,1-2H3,(H2,10,11,12,13). The normalized spacial score (nSPS) is 10.6. The lowest BCUT2D eigenvalue weighted by atomic mass is 10.2. The zero-order chi connectivity index (χ0) is 9.26. The molecule has 13 heavy (non-hydrogen) atoms. The zero-order valence-corrected chi connectivity index (χ0v) is 7.76. The van der Waals surface area contributed by atoms with Crippen molar-refractivity contribution in [3.8, 4) is 0 Å². The first-order valence-corrected chi connectivity index (χ1v) is 4.35. The Balaban J connectivity index is 2.76. The fourth-order valence-corrected chi connectivity index (χ4v) is 1.50. The van der Waals surface area contributed by atoms with Crippen molar-refractivity contribution in [1.82, 2.24) is 15.0 Å². The maximum Gasteiger partial charge on any atom is 0.143 e. The summed E-state index contributed by atoms with van der Waals surface area (Å²) in [5.41, 5.74) is 2.15. The van der Waals surface area contributed by atoms with Crippen LogP contribution in [-0.2, 0) is 6.42 Å². The Labute approximate surface area is 76.4 Å². The number of hydrogen-bond acceptors (Lipinski definition) is 3. The number of nitrogens with zero attached hydrogens (tertiary/aromatic N) is 2. The predicted octanol–water partition coefficient (Wildman–Crippen LogP) is 1.56. The third-order valence-corrected chi connectivity index (χ3v) is 2.17. The Kier molecular flexibility index (Phi) is 1.88. The summed E-state index contributed by atoms with van der Waals surface area (Å²) in [5, 5.41) is 4.16. The van der Waals surface area contributed by atoms with Crippen LogP contribution in [0.4, 0.5) is 5.82 Å². The summed E-state index contributed by atoms with van der Waals surface area (Å²) >= 11 is 0. The van der Waals surface area contributed by atoms with Crippen LogP contribution < -0.4 is 5.32 Å².